The molecule has 0 spiro atoms. The van der Waals surface area contributed by atoms with Crippen LogP contribution in [0.3, 0.4) is 0 Å². The quantitative estimate of drug-likeness (QED) is 0.485. The van der Waals surface area contributed by atoms with Crippen LogP contribution in [0.4, 0.5) is 5.69 Å². The van der Waals surface area contributed by atoms with Crippen LogP contribution in [0.25, 0.3) is 11.1 Å². The Labute approximate surface area is 182 Å². The molecular weight excluding hydrogens is 392 g/mol. The number of hydrogen-bond acceptors (Lipinski definition) is 4. The van der Waals surface area contributed by atoms with Gasteiger partial charge in [-0.1, -0.05) is 48.5 Å². The molecule has 2 amide bonds. The second kappa shape index (κ2) is 11.5. The monoisotopic (exact) mass is 418 g/mol. The maximum atomic E-state index is 12.2. The molecule has 2 N–H and O–H groups in total. The predicted octanol–water partition coefficient (Wildman–Crippen LogP) is 4.14. The summed E-state index contributed by atoms with van der Waals surface area (Å²) in [5, 5.41) is 5.58. The summed E-state index contributed by atoms with van der Waals surface area (Å²) >= 11 is 0. The van der Waals surface area contributed by atoms with Gasteiger partial charge in [0.05, 0.1) is 0 Å². The zero-order valence-corrected chi connectivity index (χ0v) is 17.5. The van der Waals surface area contributed by atoms with Crippen LogP contribution < -0.4 is 15.4 Å². The van der Waals surface area contributed by atoms with Crippen LogP contribution >= 0.6 is 0 Å². The van der Waals surface area contributed by atoms with E-state index in [1.165, 1.54) is 0 Å². The minimum Gasteiger partial charge on any atom is -0.484 e. The van der Waals surface area contributed by atoms with Crippen LogP contribution in [0.5, 0.6) is 5.75 Å². The SMILES string of the molecule is COCCCNC(=O)c1cccc(NC(=O)COc2ccc(-c3ccccc3)cc2)c1. The van der Waals surface area contributed by atoms with E-state index in [2.05, 4.69) is 10.6 Å². The number of carbonyl (C=O) groups excluding carboxylic acids is 2. The molecular formula is C25H26N2O4. The van der Waals surface area contributed by atoms with E-state index in [0.29, 0.717) is 30.2 Å². The minimum atomic E-state index is -0.301. The molecule has 0 bridgehead atoms. The van der Waals surface area contributed by atoms with Gasteiger partial charge in [-0.25, -0.2) is 0 Å². The normalized spacial score (nSPS) is 10.4. The number of benzene rings is 3. The highest BCUT2D eigenvalue weighted by Gasteiger charge is 2.08. The molecule has 31 heavy (non-hydrogen) atoms. The standard InChI is InChI=1S/C25H26N2O4/c1-30-16-6-15-26-25(29)21-9-5-10-22(17-21)27-24(28)18-31-23-13-11-20(12-14-23)19-7-3-2-4-8-19/h2-5,7-14,17H,6,15-16,18H2,1H3,(H,26,29)(H,27,28). The van der Waals surface area contributed by atoms with Crippen LogP contribution in [0.15, 0.2) is 78.9 Å². The number of hydrogen-bond donors (Lipinski definition) is 2. The highest BCUT2D eigenvalue weighted by Crippen LogP contribution is 2.22. The highest BCUT2D eigenvalue weighted by atomic mass is 16.5. The average molecular weight is 418 g/mol. The van der Waals surface area contributed by atoms with Crippen molar-refractivity contribution in [3.05, 3.63) is 84.4 Å². The van der Waals surface area contributed by atoms with Gasteiger partial charge in [0.2, 0.25) is 0 Å². The molecule has 3 aromatic rings. The number of anilines is 1. The molecule has 0 aliphatic heterocycles. The lowest BCUT2D eigenvalue weighted by atomic mass is 10.1. The van der Waals surface area contributed by atoms with Gasteiger partial charge in [-0.05, 0) is 47.9 Å². The van der Waals surface area contributed by atoms with Crippen molar-refractivity contribution in [2.75, 3.05) is 32.2 Å². The second-order valence-electron chi connectivity index (χ2n) is 6.91. The Balaban J connectivity index is 1.49. The largest absolute Gasteiger partial charge is 0.484 e. The Hall–Kier alpha value is -3.64. The molecule has 160 valence electrons. The van der Waals surface area contributed by atoms with Gasteiger partial charge in [-0.2, -0.15) is 0 Å². The Bertz CT molecular complexity index is 988. The summed E-state index contributed by atoms with van der Waals surface area (Å²) in [6, 6.07) is 24.4. The van der Waals surface area contributed by atoms with Gasteiger partial charge in [0.1, 0.15) is 5.75 Å². The molecule has 0 aliphatic carbocycles. The summed E-state index contributed by atoms with van der Waals surface area (Å²) in [6.45, 7) is 0.990. The fourth-order valence-corrected chi connectivity index (χ4v) is 2.98. The molecule has 3 rings (SSSR count). The molecule has 0 atom stereocenters. The van der Waals surface area contributed by atoms with Crippen molar-refractivity contribution in [1.82, 2.24) is 5.32 Å². The number of carbonyl (C=O) groups is 2. The molecule has 6 nitrogen and oxygen atoms in total. The number of methoxy groups -OCH3 is 1. The van der Waals surface area contributed by atoms with Gasteiger partial charge < -0.3 is 20.1 Å². The Morgan fingerprint density at radius 2 is 1.61 bits per heavy atom. The molecule has 0 aliphatic rings. The molecule has 6 heteroatoms. The predicted molar refractivity (Wildman–Crippen MR) is 121 cm³/mol. The lowest BCUT2D eigenvalue weighted by Gasteiger charge is -2.10. The van der Waals surface area contributed by atoms with E-state index in [-0.39, 0.29) is 18.4 Å². The molecule has 0 saturated carbocycles. The van der Waals surface area contributed by atoms with E-state index in [1.54, 1.807) is 31.4 Å². The first kappa shape index (κ1) is 22.1. The van der Waals surface area contributed by atoms with Crippen LogP contribution in [-0.2, 0) is 9.53 Å². The van der Waals surface area contributed by atoms with E-state index in [0.717, 1.165) is 17.5 Å². The minimum absolute atomic E-state index is 0.127. The van der Waals surface area contributed by atoms with Crippen molar-refractivity contribution < 1.29 is 19.1 Å². The summed E-state index contributed by atoms with van der Waals surface area (Å²) in [7, 11) is 1.62. The summed E-state index contributed by atoms with van der Waals surface area (Å²) in [6.07, 6.45) is 0.738. The number of rotatable bonds is 10. The smallest absolute Gasteiger partial charge is 0.262 e. The lowest BCUT2D eigenvalue weighted by Crippen LogP contribution is -2.25. The van der Waals surface area contributed by atoms with Crippen LogP contribution in [-0.4, -0.2) is 38.7 Å². The third-order valence-corrected chi connectivity index (χ3v) is 4.55. The Morgan fingerprint density at radius 1 is 0.871 bits per heavy atom. The maximum absolute atomic E-state index is 12.2. The van der Waals surface area contributed by atoms with Crippen LogP contribution in [0.2, 0.25) is 0 Å². The number of ether oxygens (including phenoxy) is 2. The van der Waals surface area contributed by atoms with Crippen molar-refractivity contribution in [2.24, 2.45) is 0 Å². The van der Waals surface area contributed by atoms with E-state index in [1.807, 2.05) is 54.6 Å². The van der Waals surface area contributed by atoms with E-state index in [4.69, 9.17) is 9.47 Å². The van der Waals surface area contributed by atoms with Gasteiger partial charge in [0, 0.05) is 31.5 Å². The first-order chi connectivity index (χ1) is 15.2. The first-order valence-corrected chi connectivity index (χ1v) is 10.1. The Morgan fingerprint density at radius 3 is 2.35 bits per heavy atom. The van der Waals surface area contributed by atoms with Crippen molar-refractivity contribution in [1.29, 1.82) is 0 Å². The Kier molecular flexibility index (Phi) is 8.20. The van der Waals surface area contributed by atoms with Crippen molar-refractivity contribution in [2.45, 2.75) is 6.42 Å². The molecule has 0 aromatic heterocycles. The van der Waals surface area contributed by atoms with Crippen LogP contribution in [0.1, 0.15) is 16.8 Å². The fraction of sp³-hybridized carbons (Fsp3) is 0.200. The zero-order chi connectivity index (χ0) is 21.9. The summed E-state index contributed by atoms with van der Waals surface area (Å²) in [5.74, 6) is 0.116. The molecule has 0 radical (unpaired) electrons. The van der Waals surface area contributed by atoms with Crippen LogP contribution in [0, 0.1) is 0 Å². The first-order valence-electron chi connectivity index (χ1n) is 10.1. The summed E-state index contributed by atoms with van der Waals surface area (Å²) in [5.41, 5.74) is 3.22. The molecule has 0 unspecified atom stereocenters. The van der Waals surface area contributed by atoms with Gasteiger partial charge in [0.15, 0.2) is 6.61 Å². The highest BCUT2D eigenvalue weighted by molar-refractivity contribution is 5.97. The third-order valence-electron chi connectivity index (χ3n) is 4.55. The van der Waals surface area contributed by atoms with Crippen molar-refractivity contribution in [3.63, 3.8) is 0 Å². The third kappa shape index (κ3) is 6.97. The lowest BCUT2D eigenvalue weighted by molar-refractivity contribution is -0.118. The average Bonchev–Trinajstić information content (AvgIpc) is 2.81. The van der Waals surface area contributed by atoms with E-state index < -0.39 is 0 Å². The zero-order valence-electron chi connectivity index (χ0n) is 17.5. The van der Waals surface area contributed by atoms with E-state index >= 15 is 0 Å². The summed E-state index contributed by atoms with van der Waals surface area (Å²) in [4.78, 5) is 24.4. The van der Waals surface area contributed by atoms with Crippen molar-refractivity contribution >= 4 is 17.5 Å². The van der Waals surface area contributed by atoms with Crippen molar-refractivity contribution in [3.8, 4) is 16.9 Å². The topological polar surface area (TPSA) is 76.7 Å². The van der Waals surface area contributed by atoms with Gasteiger partial charge >= 0.3 is 0 Å². The van der Waals surface area contributed by atoms with Gasteiger partial charge in [0.25, 0.3) is 11.8 Å². The molecule has 0 saturated heterocycles. The fourth-order valence-electron chi connectivity index (χ4n) is 2.98. The molecule has 3 aromatic carbocycles. The number of amides is 2. The molecule has 0 heterocycles. The second-order valence-corrected chi connectivity index (χ2v) is 6.91. The van der Waals surface area contributed by atoms with Gasteiger partial charge in [-0.3, -0.25) is 9.59 Å². The molecule has 0 fully saturated rings. The maximum Gasteiger partial charge on any atom is 0.262 e. The number of nitrogens with one attached hydrogen (secondary N) is 2. The summed E-state index contributed by atoms with van der Waals surface area (Å²) < 4.78 is 10.5. The van der Waals surface area contributed by atoms with Gasteiger partial charge in [-0.15, -0.1) is 0 Å². The van der Waals surface area contributed by atoms with E-state index in [9.17, 15) is 9.59 Å².